The van der Waals surface area contributed by atoms with Crippen LogP contribution in [-0.4, -0.2) is 39.7 Å². The van der Waals surface area contributed by atoms with Gasteiger partial charge in [-0.2, -0.15) is 0 Å². The van der Waals surface area contributed by atoms with Crippen LogP contribution in [0.5, 0.6) is 0 Å². The number of hydrogen-bond acceptors (Lipinski definition) is 6. The van der Waals surface area contributed by atoms with E-state index in [1.54, 1.807) is 12.3 Å². The maximum Gasteiger partial charge on any atom is 0.271 e. The van der Waals surface area contributed by atoms with Gasteiger partial charge in [0.15, 0.2) is 0 Å². The molecule has 2 heterocycles. The zero-order valence-corrected chi connectivity index (χ0v) is 11.5. The Morgan fingerprint density at radius 3 is 3.05 bits per heavy atom. The van der Waals surface area contributed by atoms with Crippen LogP contribution in [0.4, 0.5) is 11.5 Å². The Hall–Kier alpha value is -2.28. The van der Waals surface area contributed by atoms with Gasteiger partial charge in [-0.05, 0) is 24.8 Å². The molecule has 110 valence electrons. The van der Waals surface area contributed by atoms with Crippen LogP contribution in [0, 0.1) is 16.0 Å². The third-order valence-electron chi connectivity index (χ3n) is 3.83. The quantitative estimate of drug-likeness (QED) is 0.683. The number of piperidine rings is 1. The fourth-order valence-corrected chi connectivity index (χ4v) is 2.68. The van der Waals surface area contributed by atoms with Gasteiger partial charge >= 0.3 is 0 Å². The first-order chi connectivity index (χ1) is 10.2. The van der Waals surface area contributed by atoms with E-state index in [4.69, 9.17) is 0 Å². The first kappa shape index (κ1) is 13.7. The molecule has 0 bridgehead atoms. The highest BCUT2D eigenvalue weighted by Crippen LogP contribution is 2.24. The van der Waals surface area contributed by atoms with E-state index in [1.165, 1.54) is 12.1 Å². The molecule has 7 nitrogen and oxygen atoms in total. The van der Waals surface area contributed by atoms with Crippen molar-refractivity contribution in [2.45, 2.75) is 12.8 Å². The molecule has 1 aliphatic heterocycles. The molecule has 0 spiro atoms. The number of aliphatic hydroxyl groups excluding tert-OH is 1. The predicted molar refractivity (Wildman–Crippen MR) is 78.2 cm³/mol. The Morgan fingerprint density at radius 2 is 2.29 bits per heavy atom. The number of benzene rings is 1. The molecule has 21 heavy (non-hydrogen) atoms. The van der Waals surface area contributed by atoms with E-state index in [-0.39, 0.29) is 18.2 Å². The van der Waals surface area contributed by atoms with Crippen molar-refractivity contribution in [2.75, 3.05) is 24.6 Å². The van der Waals surface area contributed by atoms with E-state index < -0.39 is 4.92 Å². The van der Waals surface area contributed by atoms with Crippen molar-refractivity contribution in [2.24, 2.45) is 5.92 Å². The van der Waals surface area contributed by atoms with Gasteiger partial charge < -0.3 is 10.0 Å². The Balaban J connectivity index is 1.90. The minimum Gasteiger partial charge on any atom is -0.396 e. The monoisotopic (exact) mass is 288 g/mol. The highest BCUT2D eigenvalue weighted by molar-refractivity contribution is 5.78. The highest BCUT2D eigenvalue weighted by atomic mass is 16.6. The average molecular weight is 288 g/mol. The molecule has 1 saturated heterocycles. The summed E-state index contributed by atoms with van der Waals surface area (Å²) in [4.78, 5) is 21.2. The molecule has 1 aromatic heterocycles. The van der Waals surface area contributed by atoms with E-state index in [9.17, 15) is 15.2 Å². The zero-order valence-electron chi connectivity index (χ0n) is 11.5. The number of nitrogens with zero attached hydrogens (tertiary/aromatic N) is 4. The Kier molecular flexibility index (Phi) is 3.66. The lowest BCUT2D eigenvalue weighted by atomic mass is 9.99. The van der Waals surface area contributed by atoms with Crippen LogP contribution in [0.2, 0.25) is 0 Å². The van der Waals surface area contributed by atoms with Gasteiger partial charge in [-0.25, -0.2) is 4.98 Å². The van der Waals surface area contributed by atoms with Gasteiger partial charge in [-0.1, -0.05) is 0 Å². The summed E-state index contributed by atoms with van der Waals surface area (Å²) in [6.07, 6.45) is 3.69. The molecule has 2 aromatic rings. The molecule has 0 unspecified atom stereocenters. The Bertz CT molecular complexity index is 676. The standard InChI is InChI=1S/C14H16N4O3/c19-9-10-2-1-5-17(8-10)14-7-15-13-6-11(18(20)21)3-4-12(13)16-14/h3-4,6-7,10,19H,1-2,5,8-9H2/t10-/m0/s1. The smallest absolute Gasteiger partial charge is 0.271 e. The van der Waals surface area contributed by atoms with Gasteiger partial charge in [0.05, 0.1) is 22.2 Å². The summed E-state index contributed by atoms with van der Waals surface area (Å²) in [5, 5.41) is 20.0. The van der Waals surface area contributed by atoms with Crippen molar-refractivity contribution in [3.8, 4) is 0 Å². The second-order valence-corrected chi connectivity index (χ2v) is 5.30. The number of nitro groups is 1. The van der Waals surface area contributed by atoms with Crippen molar-refractivity contribution >= 4 is 22.5 Å². The van der Waals surface area contributed by atoms with Gasteiger partial charge in [-0.3, -0.25) is 15.1 Å². The van der Waals surface area contributed by atoms with Crippen LogP contribution >= 0.6 is 0 Å². The van der Waals surface area contributed by atoms with Crippen LogP contribution in [0.3, 0.4) is 0 Å². The minimum atomic E-state index is -0.439. The van der Waals surface area contributed by atoms with Gasteiger partial charge in [-0.15, -0.1) is 0 Å². The van der Waals surface area contributed by atoms with Crippen LogP contribution in [0.25, 0.3) is 11.0 Å². The lowest BCUT2D eigenvalue weighted by Crippen LogP contribution is -2.37. The summed E-state index contributed by atoms with van der Waals surface area (Å²) < 4.78 is 0. The van der Waals surface area contributed by atoms with Crippen molar-refractivity contribution in [1.29, 1.82) is 0 Å². The second kappa shape index (κ2) is 5.61. The van der Waals surface area contributed by atoms with Crippen LogP contribution in [0.15, 0.2) is 24.4 Å². The summed E-state index contributed by atoms with van der Waals surface area (Å²) >= 11 is 0. The number of aliphatic hydroxyl groups is 1. The molecular formula is C14H16N4O3. The molecule has 0 saturated carbocycles. The molecule has 1 aromatic carbocycles. The largest absolute Gasteiger partial charge is 0.396 e. The maximum absolute atomic E-state index is 10.8. The van der Waals surface area contributed by atoms with Gasteiger partial charge in [0, 0.05) is 31.8 Å². The molecule has 1 aliphatic rings. The normalized spacial score (nSPS) is 18.9. The summed E-state index contributed by atoms with van der Waals surface area (Å²) in [5.41, 5.74) is 1.18. The third-order valence-corrected chi connectivity index (χ3v) is 3.83. The van der Waals surface area contributed by atoms with Crippen molar-refractivity contribution in [3.63, 3.8) is 0 Å². The molecule has 1 atom stereocenters. The van der Waals surface area contributed by atoms with E-state index in [0.717, 1.165) is 31.7 Å². The maximum atomic E-state index is 10.8. The third kappa shape index (κ3) is 2.78. The Labute approximate surface area is 121 Å². The van der Waals surface area contributed by atoms with Crippen LogP contribution in [0.1, 0.15) is 12.8 Å². The van der Waals surface area contributed by atoms with Gasteiger partial charge in [0.1, 0.15) is 5.82 Å². The molecule has 1 N–H and O–H groups in total. The minimum absolute atomic E-state index is 0.0165. The number of anilines is 1. The second-order valence-electron chi connectivity index (χ2n) is 5.30. The lowest BCUT2D eigenvalue weighted by Gasteiger charge is -2.32. The van der Waals surface area contributed by atoms with Crippen molar-refractivity contribution < 1.29 is 10.0 Å². The topological polar surface area (TPSA) is 92.4 Å². The lowest BCUT2D eigenvalue weighted by molar-refractivity contribution is -0.384. The number of aromatic nitrogens is 2. The SMILES string of the molecule is O=[N+]([O-])c1ccc2nc(N3CCC[C@H](CO)C3)cnc2c1. The molecule has 0 amide bonds. The van der Waals surface area contributed by atoms with Crippen LogP contribution in [-0.2, 0) is 0 Å². The van der Waals surface area contributed by atoms with E-state index in [0.29, 0.717) is 11.0 Å². The van der Waals surface area contributed by atoms with Crippen molar-refractivity contribution in [3.05, 3.63) is 34.5 Å². The number of non-ortho nitro benzene ring substituents is 1. The molecule has 3 rings (SSSR count). The zero-order chi connectivity index (χ0) is 14.8. The van der Waals surface area contributed by atoms with E-state index >= 15 is 0 Å². The van der Waals surface area contributed by atoms with E-state index in [2.05, 4.69) is 14.9 Å². The fourth-order valence-electron chi connectivity index (χ4n) is 2.68. The summed E-state index contributed by atoms with van der Waals surface area (Å²) in [7, 11) is 0. The molecule has 0 aliphatic carbocycles. The first-order valence-corrected chi connectivity index (χ1v) is 6.94. The van der Waals surface area contributed by atoms with Gasteiger partial charge in [0.25, 0.3) is 5.69 Å². The number of fused-ring (bicyclic) bond motifs is 1. The summed E-state index contributed by atoms with van der Waals surface area (Å²) in [6, 6.07) is 4.49. The summed E-state index contributed by atoms with van der Waals surface area (Å²) in [6.45, 7) is 1.84. The van der Waals surface area contributed by atoms with Gasteiger partial charge in [0.2, 0.25) is 0 Å². The van der Waals surface area contributed by atoms with Crippen LogP contribution < -0.4 is 4.90 Å². The van der Waals surface area contributed by atoms with Crippen molar-refractivity contribution in [1.82, 2.24) is 9.97 Å². The number of hydrogen-bond donors (Lipinski definition) is 1. The fraction of sp³-hybridized carbons (Fsp3) is 0.429. The molecular weight excluding hydrogens is 272 g/mol. The molecule has 7 heteroatoms. The highest BCUT2D eigenvalue weighted by Gasteiger charge is 2.20. The molecule has 1 fully saturated rings. The Morgan fingerprint density at radius 1 is 1.43 bits per heavy atom. The number of nitro benzene ring substituents is 1. The molecule has 0 radical (unpaired) electrons. The first-order valence-electron chi connectivity index (χ1n) is 6.94. The average Bonchev–Trinajstić information content (AvgIpc) is 2.53. The predicted octanol–water partition coefficient (Wildman–Crippen LogP) is 1.75. The summed E-state index contributed by atoms with van der Waals surface area (Å²) in [5.74, 6) is 1.03. The number of rotatable bonds is 3. The van der Waals surface area contributed by atoms with E-state index in [1.807, 2.05) is 0 Å².